The Bertz CT molecular complexity index is 694. The van der Waals surface area contributed by atoms with E-state index in [2.05, 4.69) is 18.2 Å². The molecule has 0 atom stereocenters. The van der Waals surface area contributed by atoms with E-state index in [0.29, 0.717) is 16.5 Å². The summed E-state index contributed by atoms with van der Waals surface area (Å²) in [6.45, 7) is 5.71. The van der Waals surface area contributed by atoms with E-state index >= 15 is 0 Å². The first kappa shape index (κ1) is 15.4. The van der Waals surface area contributed by atoms with Crippen LogP contribution in [0.1, 0.15) is 44.0 Å². The fourth-order valence-electron chi connectivity index (χ4n) is 2.91. The van der Waals surface area contributed by atoms with Gasteiger partial charge in [-0.25, -0.2) is 4.79 Å². The van der Waals surface area contributed by atoms with Gasteiger partial charge in [0.2, 0.25) is 0 Å². The lowest BCUT2D eigenvalue weighted by Gasteiger charge is -2.20. The number of carbonyl (C=O) groups excluding carboxylic acids is 1. The van der Waals surface area contributed by atoms with Gasteiger partial charge in [-0.2, -0.15) is 0 Å². The lowest BCUT2D eigenvalue weighted by atomic mass is 10.0. The van der Waals surface area contributed by atoms with Crippen molar-refractivity contribution in [1.29, 1.82) is 0 Å². The van der Waals surface area contributed by atoms with Gasteiger partial charge in [-0.3, -0.25) is 0 Å². The van der Waals surface area contributed by atoms with E-state index in [9.17, 15) is 4.79 Å². The predicted octanol–water partition coefficient (Wildman–Crippen LogP) is 4.57. The molecule has 1 aliphatic heterocycles. The van der Waals surface area contributed by atoms with Crippen molar-refractivity contribution in [2.45, 2.75) is 44.1 Å². The van der Waals surface area contributed by atoms with Crippen LogP contribution in [-0.2, 0) is 15.6 Å². The molecule has 2 aromatic rings. The summed E-state index contributed by atoms with van der Waals surface area (Å²) >= 11 is 0. The second-order valence-electron chi connectivity index (χ2n) is 6.77. The van der Waals surface area contributed by atoms with Crippen LogP contribution in [0.4, 0.5) is 0 Å². The minimum atomic E-state index is -0.468. The maximum absolute atomic E-state index is 12.5. The van der Waals surface area contributed by atoms with E-state index in [1.54, 1.807) is 0 Å². The van der Waals surface area contributed by atoms with Crippen molar-refractivity contribution < 1.29 is 9.53 Å². The van der Waals surface area contributed by atoms with Crippen molar-refractivity contribution >= 4 is 27.6 Å². The molecule has 22 heavy (non-hydrogen) atoms. The van der Waals surface area contributed by atoms with Gasteiger partial charge < -0.3 is 4.74 Å². The number of esters is 1. The van der Waals surface area contributed by atoms with Crippen LogP contribution < -0.4 is 0 Å². The summed E-state index contributed by atoms with van der Waals surface area (Å²) in [7, 11) is 0.342. The lowest BCUT2D eigenvalue weighted by Crippen LogP contribution is -2.24. The molecule has 0 N–H and O–H groups in total. The first-order valence-corrected chi connectivity index (χ1v) is 9.44. The molecule has 1 aliphatic rings. The van der Waals surface area contributed by atoms with Crippen molar-refractivity contribution in [2.24, 2.45) is 0 Å². The van der Waals surface area contributed by atoms with Crippen LogP contribution in [0.15, 0.2) is 41.3 Å². The topological polar surface area (TPSA) is 26.3 Å². The Kier molecular flexibility index (Phi) is 4.18. The number of hydrogen-bond donors (Lipinski definition) is 0. The third-order valence-electron chi connectivity index (χ3n) is 3.85. The molecule has 0 radical (unpaired) electrons. The van der Waals surface area contributed by atoms with E-state index in [0.717, 1.165) is 5.39 Å². The number of ether oxygens (including phenoxy) is 1. The highest BCUT2D eigenvalue weighted by Gasteiger charge is 2.30. The van der Waals surface area contributed by atoms with Gasteiger partial charge in [0.15, 0.2) is 4.90 Å². The maximum Gasteiger partial charge on any atom is 0.339 e. The van der Waals surface area contributed by atoms with Gasteiger partial charge in [-0.15, -0.1) is 0 Å². The summed E-state index contributed by atoms with van der Waals surface area (Å²) in [6, 6.07) is 12.3. The van der Waals surface area contributed by atoms with Crippen LogP contribution >= 0.6 is 0 Å². The highest BCUT2D eigenvalue weighted by atomic mass is 32.2. The summed E-state index contributed by atoms with van der Waals surface area (Å²) in [5.41, 5.74) is 0.210. The van der Waals surface area contributed by atoms with Crippen molar-refractivity contribution in [2.75, 3.05) is 11.5 Å². The Morgan fingerprint density at radius 1 is 1.00 bits per heavy atom. The zero-order valence-corrected chi connectivity index (χ0v) is 14.3. The Labute approximate surface area is 135 Å². The molecular weight excluding hydrogens is 292 g/mol. The van der Waals surface area contributed by atoms with E-state index in [1.807, 2.05) is 39.0 Å². The average molecular weight is 315 g/mol. The molecule has 1 fully saturated rings. The second-order valence-corrected chi connectivity index (χ2v) is 9.01. The van der Waals surface area contributed by atoms with Gasteiger partial charge in [0, 0.05) is 21.7 Å². The minimum Gasteiger partial charge on any atom is -0.456 e. The molecule has 3 heteroatoms. The summed E-state index contributed by atoms with van der Waals surface area (Å²) in [4.78, 5) is 13.9. The molecule has 0 aromatic heterocycles. The smallest absolute Gasteiger partial charge is 0.339 e. The zero-order chi connectivity index (χ0) is 15.7. The Balaban J connectivity index is 2.06. The molecule has 0 spiro atoms. The van der Waals surface area contributed by atoms with Gasteiger partial charge >= 0.3 is 5.97 Å². The Morgan fingerprint density at radius 2 is 1.64 bits per heavy atom. The fourth-order valence-corrected chi connectivity index (χ4v) is 5.41. The maximum atomic E-state index is 12.5. The first-order valence-electron chi connectivity index (χ1n) is 7.88. The summed E-state index contributed by atoms with van der Waals surface area (Å²) in [6.07, 6.45) is 2.65. The standard InChI is InChI=1S/C19H23O2S/c1-19(2,3)21-18(20)16-10-11-17(22-12-6-7-13-22)15-9-5-4-8-14(15)16/h4-5,8-11H,6-7,12-13H2,1-3H3/q+1. The molecule has 2 aromatic carbocycles. The number of hydrogen-bond acceptors (Lipinski definition) is 2. The molecule has 0 amide bonds. The summed E-state index contributed by atoms with van der Waals surface area (Å²) < 4.78 is 5.56. The van der Waals surface area contributed by atoms with Gasteiger partial charge in [0.1, 0.15) is 17.1 Å². The number of rotatable bonds is 2. The molecule has 0 saturated carbocycles. The van der Waals surface area contributed by atoms with E-state index in [4.69, 9.17) is 4.74 Å². The Hall–Kier alpha value is -1.48. The lowest BCUT2D eigenvalue weighted by molar-refractivity contribution is 0.00718. The van der Waals surface area contributed by atoms with Crippen LogP contribution in [0, 0.1) is 0 Å². The SMILES string of the molecule is CC(C)(C)OC(=O)c1ccc([S+]2CCCC2)c2ccccc12. The largest absolute Gasteiger partial charge is 0.456 e. The van der Waals surface area contributed by atoms with Crippen molar-refractivity contribution in [3.8, 4) is 0 Å². The van der Waals surface area contributed by atoms with Crippen LogP contribution in [0.5, 0.6) is 0 Å². The van der Waals surface area contributed by atoms with Crippen molar-refractivity contribution in [3.63, 3.8) is 0 Å². The van der Waals surface area contributed by atoms with Gasteiger partial charge in [0.25, 0.3) is 0 Å². The average Bonchev–Trinajstić information content (AvgIpc) is 2.98. The van der Waals surface area contributed by atoms with Crippen LogP contribution in [0.2, 0.25) is 0 Å². The molecule has 3 rings (SSSR count). The van der Waals surface area contributed by atoms with Gasteiger partial charge in [-0.1, -0.05) is 18.2 Å². The van der Waals surface area contributed by atoms with Crippen molar-refractivity contribution in [1.82, 2.24) is 0 Å². The van der Waals surface area contributed by atoms with Gasteiger partial charge in [-0.05, 0) is 51.8 Å². The minimum absolute atomic E-state index is 0.231. The third kappa shape index (κ3) is 3.14. The first-order chi connectivity index (χ1) is 10.5. The molecule has 0 unspecified atom stereocenters. The fraction of sp³-hybridized carbons (Fsp3) is 0.421. The molecule has 1 saturated heterocycles. The normalized spacial score (nSPS) is 16.1. The highest BCUT2D eigenvalue weighted by molar-refractivity contribution is 7.97. The van der Waals surface area contributed by atoms with Crippen LogP contribution in [0.25, 0.3) is 10.8 Å². The molecule has 116 valence electrons. The molecule has 1 heterocycles. The highest BCUT2D eigenvalue weighted by Crippen LogP contribution is 2.32. The van der Waals surface area contributed by atoms with Gasteiger partial charge in [0.05, 0.1) is 5.56 Å². The van der Waals surface area contributed by atoms with E-state index in [-0.39, 0.29) is 5.97 Å². The third-order valence-corrected chi connectivity index (χ3v) is 6.39. The molecule has 0 bridgehead atoms. The summed E-state index contributed by atoms with van der Waals surface area (Å²) in [5, 5.41) is 2.24. The van der Waals surface area contributed by atoms with E-state index < -0.39 is 5.60 Å². The quantitative estimate of drug-likeness (QED) is 0.599. The molecular formula is C19H23O2S+. The molecule has 2 nitrogen and oxygen atoms in total. The number of benzene rings is 2. The monoisotopic (exact) mass is 315 g/mol. The van der Waals surface area contributed by atoms with Crippen molar-refractivity contribution in [3.05, 3.63) is 42.0 Å². The van der Waals surface area contributed by atoms with Crippen LogP contribution in [-0.4, -0.2) is 23.1 Å². The Morgan fingerprint density at radius 3 is 2.27 bits per heavy atom. The van der Waals surface area contributed by atoms with Crippen LogP contribution in [0.3, 0.4) is 0 Å². The zero-order valence-electron chi connectivity index (χ0n) is 13.5. The number of fused-ring (bicyclic) bond motifs is 1. The molecule has 0 aliphatic carbocycles. The van der Waals surface area contributed by atoms with E-state index in [1.165, 1.54) is 34.6 Å². The summed E-state index contributed by atoms with van der Waals surface area (Å²) in [5.74, 6) is 2.34. The number of carbonyl (C=O) groups is 1. The predicted molar refractivity (Wildman–Crippen MR) is 93.7 cm³/mol. The second kappa shape index (κ2) is 5.96.